The van der Waals surface area contributed by atoms with Gasteiger partial charge in [0.05, 0.1) is 7.11 Å². The van der Waals surface area contributed by atoms with Gasteiger partial charge in [0.25, 0.3) is 0 Å². The Balaban J connectivity index is 2.12. The van der Waals surface area contributed by atoms with Gasteiger partial charge in [-0.25, -0.2) is 0 Å². The lowest BCUT2D eigenvalue weighted by atomic mass is 9.86. The van der Waals surface area contributed by atoms with E-state index in [1.165, 1.54) is 12.0 Å². The molecule has 0 aliphatic carbocycles. The predicted octanol–water partition coefficient (Wildman–Crippen LogP) is 3.67. The summed E-state index contributed by atoms with van der Waals surface area (Å²) in [5.41, 5.74) is 1.53. The zero-order chi connectivity index (χ0) is 15.5. The maximum Gasteiger partial charge on any atom is 0.123 e. The van der Waals surface area contributed by atoms with Gasteiger partial charge in [-0.2, -0.15) is 0 Å². The van der Waals surface area contributed by atoms with Crippen molar-refractivity contribution < 1.29 is 4.74 Å². The molecule has 1 atom stereocenters. The molecule has 0 saturated carbocycles. The van der Waals surface area contributed by atoms with Crippen molar-refractivity contribution in [1.82, 2.24) is 10.2 Å². The van der Waals surface area contributed by atoms with E-state index in [0.29, 0.717) is 6.04 Å². The van der Waals surface area contributed by atoms with E-state index in [1.807, 2.05) is 12.1 Å². The van der Waals surface area contributed by atoms with Gasteiger partial charge < -0.3 is 10.1 Å². The number of halogens is 1. The zero-order valence-corrected chi connectivity index (χ0v) is 15.2. The van der Waals surface area contributed by atoms with Crippen LogP contribution in [0.25, 0.3) is 0 Å². The van der Waals surface area contributed by atoms with Gasteiger partial charge in [0.2, 0.25) is 0 Å². The van der Waals surface area contributed by atoms with E-state index in [2.05, 4.69) is 53.0 Å². The molecule has 1 N–H and O–H groups in total. The molecule has 1 aliphatic rings. The van der Waals surface area contributed by atoms with Crippen molar-refractivity contribution in [3.8, 4) is 5.75 Å². The molecule has 0 aromatic heterocycles. The molecule has 3 nitrogen and oxygen atoms in total. The van der Waals surface area contributed by atoms with Crippen LogP contribution < -0.4 is 10.1 Å². The number of ether oxygens (including phenoxy) is 1. The minimum atomic E-state index is 0.282. The van der Waals surface area contributed by atoms with Crippen molar-refractivity contribution in [2.24, 2.45) is 5.41 Å². The highest BCUT2D eigenvalue weighted by Gasteiger charge is 2.28. The summed E-state index contributed by atoms with van der Waals surface area (Å²) in [6.07, 6.45) is 1.20. The summed E-state index contributed by atoms with van der Waals surface area (Å²) in [6, 6.07) is 6.77. The molecular formula is C17H27BrN2O. The number of hydrogen-bond acceptors (Lipinski definition) is 3. The topological polar surface area (TPSA) is 24.5 Å². The average Bonchev–Trinajstić information content (AvgIpc) is 2.64. The van der Waals surface area contributed by atoms with Crippen LogP contribution in [0.4, 0.5) is 0 Å². The number of nitrogens with zero attached hydrogens (tertiary/aromatic N) is 1. The first kappa shape index (κ1) is 16.8. The number of benzene rings is 1. The van der Waals surface area contributed by atoms with Crippen molar-refractivity contribution in [3.05, 3.63) is 28.2 Å². The van der Waals surface area contributed by atoms with Gasteiger partial charge >= 0.3 is 0 Å². The van der Waals surface area contributed by atoms with E-state index < -0.39 is 0 Å². The molecule has 1 unspecified atom stereocenters. The fourth-order valence-corrected chi connectivity index (χ4v) is 3.24. The lowest BCUT2D eigenvalue weighted by molar-refractivity contribution is 0.191. The summed E-state index contributed by atoms with van der Waals surface area (Å²) in [5, 5.41) is 3.70. The smallest absolute Gasteiger partial charge is 0.123 e. The van der Waals surface area contributed by atoms with Gasteiger partial charge in [-0.1, -0.05) is 36.7 Å². The highest BCUT2D eigenvalue weighted by atomic mass is 79.9. The van der Waals surface area contributed by atoms with Crippen molar-refractivity contribution in [1.29, 1.82) is 0 Å². The highest BCUT2D eigenvalue weighted by Crippen LogP contribution is 2.26. The molecule has 2 rings (SSSR count). The van der Waals surface area contributed by atoms with E-state index in [0.717, 1.165) is 36.4 Å². The summed E-state index contributed by atoms with van der Waals surface area (Å²) in [4.78, 5) is 2.54. The van der Waals surface area contributed by atoms with Crippen molar-refractivity contribution >= 4 is 15.9 Å². The molecule has 1 aromatic carbocycles. The Bertz CT molecular complexity index is 470. The summed E-state index contributed by atoms with van der Waals surface area (Å²) in [7, 11) is 1.74. The minimum Gasteiger partial charge on any atom is -0.496 e. The molecule has 118 valence electrons. The maximum absolute atomic E-state index is 5.50. The van der Waals surface area contributed by atoms with Crippen molar-refractivity contribution in [2.75, 3.05) is 26.7 Å². The fourth-order valence-electron chi connectivity index (χ4n) is 2.83. The third-order valence-corrected chi connectivity index (χ3v) is 4.66. The van der Waals surface area contributed by atoms with Crippen LogP contribution in [0.1, 0.15) is 32.8 Å². The third-order valence-electron chi connectivity index (χ3n) is 4.16. The lowest BCUT2D eigenvalue weighted by Gasteiger charge is -2.33. The molecule has 1 aliphatic heterocycles. The van der Waals surface area contributed by atoms with Crippen LogP contribution in [0.3, 0.4) is 0 Å². The normalized spacial score (nSPS) is 21.1. The van der Waals surface area contributed by atoms with Gasteiger partial charge in [-0.3, -0.25) is 4.90 Å². The van der Waals surface area contributed by atoms with E-state index in [9.17, 15) is 0 Å². The van der Waals surface area contributed by atoms with Crippen LogP contribution in [0.15, 0.2) is 22.7 Å². The summed E-state index contributed by atoms with van der Waals surface area (Å²) < 4.78 is 6.61. The standard InChI is InChI=1S/C17H27BrN2O/c1-17(2,3)16-12-20(9-5-8-19-16)11-13-10-14(18)6-7-15(13)21-4/h6-7,10,16,19H,5,8-9,11-12H2,1-4H3. The lowest BCUT2D eigenvalue weighted by Crippen LogP contribution is -2.46. The number of methoxy groups -OCH3 is 1. The van der Waals surface area contributed by atoms with Crippen LogP contribution in [-0.2, 0) is 6.54 Å². The molecule has 0 radical (unpaired) electrons. The number of hydrogen-bond donors (Lipinski definition) is 1. The molecule has 0 spiro atoms. The molecule has 0 amide bonds. The van der Waals surface area contributed by atoms with Crippen LogP contribution in [0, 0.1) is 5.41 Å². The summed E-state index contributed by atoms with van der Waals surface area (Å²) in [5.74, 6) is 0.975. The Hall–Kier alpha value is -0.580. The van der Waals surface area contributed by atoms with Crippen LogP contribution in [-0.4, -0.2) is 37.7 Å². The fraction of sp³-hybridized carbons (Fsp3) is 0.647. The quantitative estimate of drug-likeness (QED) is 0.896. The van der Waals surface area contributed by atoms with Crippen LogP contribution in [0.5, 0.6) is 5.75 Å². The monoisotopic (exact) mass is 354 g/mol. The number of rotatable bonds is 3. The zero-order valence-electron chi connectivity index (χ0n) is 13.6. The second-order valence-electron chi connectivity index (χ2n) is 6.92. The van der Waals surface area contributed by atoms with Gasteiger partial charge in [0, 0.05) is 29.2 Å². The Morgan fingerprint density at radius 1 is 1.38 bits per heavy atom. The van der Waals surface area contributed by atoms with Gasteiger partial charge in [0.1, 0.15) is 5.75 Å². The SMILES string of the molecule is COc1ccc(Br)cc1CN1CCCNC(C(C)(C)C)C1. The van der Waals surface area contributed by atoms with E-state index in [1.54, 1.807) is 7.11 Å². The maximum atomic E-state index is 5.50. The van der Waals surface area contributed by atoms with E-state index in [-0.39, 0.29) is 5.41 Å². The second kappa shape index (κ2) is 7.12. The Kier molecular flexibility index (Phi) is 5.69. The Morgan fingerprint density at radius 3 is 2.81 bits per heavy atom. The first-order valence-corrected chi connectivity index (χ1v) is 8.47. The molecule has 1 fully saturated rings. The highest BCUT2D eigenvalue weighted by molar-refractivity contribution is 9.10. The molecule has 1 saturated heterocycles. The first-order valence-electron chi connectivity index (χ1n) is 7.68. The molecule has 1 heterocycles. The third kappa shape index (κ3) is 4.70. The average molecular weight is 355 g/mol. The first-order chi connectivity index (χ1) is 9.90. The predicted molar refractivity (Wildman–Crippen MR) is 91.8 cm³/mol. The van der Waals surface area contributed by atoms with Gasteiger partial charge in [-0.15, -0.1) is 0 Å². The second-order valence-corrected chi connectivity index (χ2v) is 7.83. The van der Waals surface area contributed by atoms with E-state index >= 15 is 0 Å². The minimum absolute atomic E-state index is 0.282. The largest absolute Gasteiger partial charge is 0.496 e. The molecule has 4 heteroatoms. The van der Waals surface area contributed by atoms with Gasteiger partial charge in [-0.05, 0) is 43.1 Å². The van der Waals surface area contributed by atoms with Crippen molar-refractivity contribution in [2.45, 2.75) is 39.8 Å². The number of nitrogens with one attached hydrogen (secondary N) is 1. The van der Waals surface area contributed by atoms with Crippen LogP contribution in [0.2, 0.25) is 0 Å². The summed E-state index contributed by atoms with van der Waals surface area (Å²) >= 11 is 3.56. The molecule has 1 aromatic rings. The van der Waals surface area contributed by atoms with Crippen molar-refractivity contribution in [3.63, 3.8) is 0 Å². The van der Waals surface area contributed by atoms with Crippen LogP contribution >= 0.6 is 15.9 Å². The molecule has 0 bridgehead atoms. The molecule has 21 heavy (non-hydrogen) atoms. The van der Waals surface area contributed by atoms with Gasteiger partial charge in [0.15, 0.2) is 0 Å². The molecular weight excluding hydrogens is 328 g/mol. The Labute approximate surface area is 137 Å². The Morgan fingerprint density at radius 2 is 2.14 bits per heavy atom. The summed E-state index contributed by atoms with van der Waals surface area (Å²) in [6.45, 7) is 11.2. The van der Waals surface area contributed by atoms with E-state index in [4.69, 9.17) is 4.74 Å².